The molecule has 17 heavy (non-hydrogen) atoms. The van der Waals surface area contributed by atoms with E-state index in [1.165, 1.54) is 12.8 Å². The third-order valence-corrected chi connectivity index (χ3v) is 3.57. The molecule has 1 fully saturated rings. The van der Waals surface area contributed by atoms with Crippen LogP contribution in [0.25, 0.3) is 0 Å². The molecule has 1 aromatic carbocycles. The van der Waals surface area contributed by atoms with Gasteiger partial charge in [-0.1, -0.05) is 13.0 Å². The van der Waals surface area contributed by atoms with E-state index in [2.05, 4.69) is 13.0 Å². The molecule has 0 aliphatic heterocycles. The van der Waals surface area contributed by atoms with Crippen LogP contribution in [0.4, 0.5) is 0 Å². The first-order valence-corrected chi connectivity index (χ1v) is 6.36. The van der Waals surface area contributed by atoms with E-state index in [0.29, 0.717) is 11.7 Å². The van der Waals surface area contributed by atoms with Crippen LogP contribution in [-0.2, 0) is 0 Å². The van der Waals surface area contributed by atoms with Crippen molar-refractivity contribution in [3.05, 3.63) is 29.3 Å². The van der Waals surface area contributed by atoms with E-state index in [1.807, 2.05) is 25.1 Å². The molecular weight excluding hydrogens is 210 g/mol. The van der Waals surface area contributed by atoms with Gasteiger partial charge in [-0.2, -0.15) is 5.26 Å². The van der Waals surface area contributed by atoms with Gasteiger partial charge in [0, 0.05) is 0 Å². The Bertz CT molecular complexity index is 425. The molecule has 0 aromatic heterocycles. The van der Waals surface area contributed by atoms with Gasteiger partial charge in [-0.3, -0.25) is 0 Å². The monoisotopic (exact) mass is 229 g/mol. The lowest BCUT2D eigenvalue weighted by Crippen LogP contribution is -2.23. The lowest BCUT2D eigenvalue weighted by atomic mass is 9.89. The number of nitriles is 1. The number of ether oxygens (including phenoxy) is 1. The molecule has 0 N–H and O–H groups in total. The Morgan fingerprint density at radius 3 is 2.59 bits per heavy atom. The van der Waals surface area contributed by atoms with Crippen LogP contribution < -0.4 is 4.74 Å². The van der Waals surface area contributed by atoms with E-state index < -0.39 is 0 Å². The highest BCUT2D eigenvalue weighted by molar-refractivity contribution is 5.41. The zero-order valence-corrected chi connectivity index (χ0v) is 10.6. The summed E-state index contributed by atoms with van der Waals surface area (Å²) in [5.74, 6) is 1.71. The predicted octanol–water partition coefficient (Wildman–Crippen LogP) is 3.82. The van der Waals surface area contributed by atoms with E-state index in [4.69, 9.17) is 10.00 Å². The Labute approximate surface area is 103 Å². The predicted molar refractivity (Wildman–Crippen MR) is 67.9 cm³/mol. The maximum absolute atomic E-state index is 8.89. The van der Waals surface area contributed by atoms with Gasteiger partial charge in [0.15, 0.2) is 0 Å². The fourth-order valence-electron chi connectivity index (χ4n) is 2.32. The summed E-state index contributed by atoms with van der Waals surface area (Å²) in [5.41, 5.74) is 1.79. The van der Waals surface area contributed by atoms with Crippen LogP contribution in [0, 0.1) is 24.2 Å². The number of benzene rings is 1. The molecule has 0 saturated heterocycles. The molecule has 0 radical (unpaired) electrons. The van der Waals surface area contributed by atoms with E-state index in [1.54, 1.807) is 0 Å². The zero-order chi connectivity index (χ0) is 12.3. The van der Waals surface area contributed by atoms with Crippen molar-refractivity contribution in [3.63, 3.8) is 0 Å². The molecule has 0 atom stereocenters. The van der Waals surface area contributed by atoms with Crippen LogP contribution in [0.3, 0.4) is 0 Å². The molecule has 0 amide bonds. The van der Waals surface area contributed by atoms with Gasteiger partial charge in [-0.25, -0.2) is 0 Å². The summed E-state index contributed by atoms with van der Waals surface area (Å²) in [6.07, 6.45) is 5.11. The molecule has 1 aliphatic carbocycles. The SMILES string of the molecule is Cc1ccc(C#N)cc1OC1CCC(C)CC1. The van der Waals surface area contributed by atoms with Gasteiger partial charge in [-0.15, -0.1) is 0 Å². The van der Waals surface area contributed by atoms with Gasteiger partial charge in [0.1, 0.15) is 5.75 Å². The summed E-state index contributed by atoms with van der Waals surface area (Å²) in [7, 11) is 0. The van der Waals surface area contributed by atoms with Gasteiger partial charge >= 0.3 is 0 Å². The third-order valence-electron chi connectivity index (χ3n) is 3.57. The fraction of sp³-hybridized carbons (Fsp3) is 0.533. The van der Waals surface area contributed by atoms with Crippen LogP contribution >= 0.6 is 0 Å². The molecule has 90 valence electrons. The lowest BCUT2D eigenvalue weighted by Gasteiger charge is -2.27. The van der Waals surface area contributed by atoms with Crippen molar-refractivity contribution >= 4 is 0 Å². The first-order chi connectivity index (χ1) is 8.19. The smallest absolute Gasteiger partial charge is 0.123 e. The zero-order valence-electron chi connectivity index (χ0n) is 10.6. The average molecular weight is 229 g/mol. The average Bonchev–Trinajstić information content (AvgIpc) is 2.35. The van der Waals surface area contributed by atoms with Crippen LogP contribution in [0.15, 0.2) is 18.2 Å². The number of rotatable bonds is 2. The highest BCUT2D eigenvalue weighted by Gasteiger charge is 2.20. The van der Waals surface area contributed by atoms with Crippen LogP contribution in [0.2, 0.25) is 0 Å². The van der Waals surface area contributed by atoms with Gasteiger partial charge in [0.05, 0.1) is 17.7 Å². The molecule has 2 nitrogen and oxygen atoms in total. The molecule has 1 aromatic rings. The number of aryl methyl sites for hydroxylation is 1. The van der Waals surface area contributed by atoms with E-state index in [0.717, 1.165) is 30.1 Å². The highest BCUT2D eigenvalue weighted by Crippen LogP contribution is 2.29. The normalized spacial score (nSPS) is 24.1. The Kier molecular flexibility index (Phi) is 3.68. The van der Waals surface area contributed by atoms with Crippen molar-refractivity contribution in [2.24, 2.45) is 5.92 Å². The maximum Gasteiger partial charge on any atom is 0.123 e. The summed E-state index contributed by atoms with van der Waals surface area (Å²) >= 11 is 0. The van der Waals surface area contributed by atoms with Crippen molar-refractivity contribution in [1.82, 2.24) is 0 Å². The fourth-order valence-corrected chi connectivity index (χ4v) is 2.32. The molecule has 2 rings (SSSR count). The van der Waals surface area contributed by atoms with E-state index in [9.17, 15) is 0 Å². The topological polar surface area (TPSA) is 33.0 Å². The highest BCUT2D eigenvalue weighted by atomic mass is 16.5. The molecule has 0 unspecified atom stereocenters. The summed E-state index contributed by atoms with van der Waals surface area (Å²) in [5, 5.41) is 8.89. The van der Waals surface area contributed by atoms with Crippen molar-refractivity contribution in [2.45, 2.75) is 45.6 Å². The second-order valence-corrected chi connectivity index (χ2v) is 5.09. The number of hydrogen-bond acceptors (Lipinski definition) is 2. The van der Waals surface area contributed by atoms with Crippen molar-refractivity contribution in [2.75, 3.05) is 0 Å². The van der Waals surface area contributed by atoms with Gasteiger partial charge in [0.2, 0.25) is 0 Å². The quantitative estimate of drug-likeness (QED) is 0.772. The summed E-state index contributed by atoms with van der Waals surface area (Å²) in [6.45, 7) is 4.33. The van der Waals surface area contributed by atoms with Crippen molar-refractivity contribution < 1.29 is 4.74 Å². The van der Waals surface area contributed by atoms with Gasteiger partial charge < -0.3 is 4.74 Å². The molecule has 0 bridgehead atoms. The molecule has 2 heteroatoms. The van der Waals surface area contributed by atoms with E-state index in [-0.39, 0.29) is 0 Å². The van der Waals surface area contributed by atoms with Gasteiger partial charge in [-0.05, 0) is 56.2 Å². The molecular formula is C15H19NO. The first-order valence-electron chi connectivity index (χ1n) is 6.36. The summed E-state index contributed by atoms with van der Waals surface area (Å²) in [4.78, 5) is 0. The van der Waals surface area contributed by atoms with Crippen LogP contribution in [-0.4, -0.2) is 6.10 Å². The minimum Gasteiger partial charge on any atom is -0.490 e. The molecule has 1 saturated carbocycles. The second-order valence-electron chi connectivity index (χ2n) is 5.09. The Morgan fingerprint density at radius 1 is 1.24 bits per heavy atom. The number of hydrogen-bond donors (Lipinski definition) is 0. The minimum atomic E-state index is 0.332. The van der Waals surface area contributed by atoms with Gasteiger partial charge in [0.25, 0.3) is 0 Å². The van der Waals surface area contributed by atoms with E-state index >= 15 is 0 Å². The lowest BCUT2D eigenvalue weighted by molar-refractivity contribution is 0.134. The second kappa shape index (κ2) is 5.23. The van der Waals surface area contributed by atoms with Crippen LogP contribution in [0.5, 0.6) is 5.75 Å². The first kappa shape index (κ1) is 12.0. The van der Waals surface area contributed by atoms with Crippen molar-refractivity contribution in [1.29, 1.82) is 5.26 Å². The minimum absolute atomic E-state index is 0.332. The summed E-state index contributed by atoms with van der Waals surface area (Å²) < 4.78 is 6.03. The Hall–Kier alpha value is -1.49. The molecule has 0 heterocycles. The maximum atomic E-state index is 8.89. The summed E-state index contributed by atoms with van der Waals surface area (Å²) in [6, 6.07) is 7.81. The third kappa shape index (κ3) is 3.00. The largest absolute Gasteiger partial charge is 0.490 e. The molecule has 0 spiro atoms. The Balaban J connectivity index is 2.05. The van der Waals surface area contributed by atoms with Crippen LogP contribution in [0.1, 0.15) is 43.7 Å². The molecule has 1 aliphatic rings. The Morgan fingerprint density at radius 2 is 1.94 bits per heavy atom. The number of nitrogens with zero attached hydrogens (tertiary/aromatic N) is 1. The standard InChI is InChI=1S/C15H19NO/c1-11-3-7-14(8-4-11)17-15-9-13(10-16)6-5-12(15)2/h5-6,9,11,14H,3-4,7-8H2,1-2H3. The van der Waals surface area contributed by atoms with Crippen molar-refractivity contribution in [3.8, 4) is 11.8 Å².